The molecule has 0 heterocycles. The molecule has 0 amide bonds. The lowest BCUT2D eigenvalue weighted by Crippen LogP contribution is -2.36. The molecule has 0 unspecified atom stereocenters. The Bertz CT molecular complexity index is 652. The average Bonchev–Trinajstić information content (AvgIpc) is 2.55. The number of hydrogen-bond donors (Lipinski definition) is 1. The number of nitrogens with zero attached hydrogens (tertiary/aromatic N) is 1. The Morgan fingerprint density at radius 2 is 1.91 bits per heavy atom. The van der Waals surface area contributed by atoms with Gasteiger partial charge in [0.25, 0.3) is 0 Å². The van der Waals surface area contributed by atoms with Gasteiger partial charge in [0.2, 0.25) is 0 Å². The van der Waals surface area contributed by atoms with Gasteiger partial charge in [0.05, 0.1) is 17.3 Å². The van der Waals surface area contributed by atoms with Crippen molar-refractivity contribution in [3.63, 3.8) is 0 Å². The molecule has 0 aliphatic carbocycles. The van der Waals surface area contributed by atoms with E-state index >= 15 is 0 Å². The molecule has 0 aromatic heterocycles. The maximum atomic E-state index is 6.19. The van der Waals surface area contributed by atoms with Crippen LogP contribution in [0.15, 0.2) is 48.5 Å². The summed E-state index contributed by atoms with van der Waals surface area (Å²) < 4.78 is 5.18. The topological polar surface area (TPSA) is 24.5 Å². The van der Waals surface area contributed by atoms with Gasteiger partial charge in [-0.3, -0.25) is 0 Å². The SMILES string of the molecule is COCCN(Cc1ccccc1)C(=S)Nc1ccc(Cl)cc1Cl. The van der Waals surface area contributed by atoms with Crippen molar-refractivity contribution in [2.45, 2.75) is 6.54 Å². The molecule has 23 heavy (non-hydrogen) atoms. The fourth-order valence-electron chi connectivity index (χ4n) is 2.04. The van der Waals surface area contributed by atoms with Crippen molar-refractivity contribution < 1.29 is 4.74 Å². The summed E-state index contributed by atoms with van der Waals surface area (Å²) in [6.45, 7) is 1.96. The zero-order valence-electron chi connectivity index (χ0n) is 12.8. The lowest BCUT2D eigenvalue weighted by atomic mass is 10.2. The Balaban J connectivity index is 2.09. The molecule has 0 aliphatic heterocycles. The van der Waals surface area contributed by atoms with Crippen LogP contribution in [0.1, 0.15) is 5.56 Å². The van der Waals surface area contributed by atoms with Crippen LogP contribution in [-0.2, 0) is 11.3 Å². The quantitative estimate of drug-likeness (QED) is 0.737. The van der Waals surface area contributed by atoms with E-state index in [1.165, 1.54) is 5.56 Å². The van der Waals surface area contributed by atoms with Crippen molar-refractivity contribution in [1.29, 1.82) is 0 Å². The number of hydrogen-bond acceptors (Lipinski definition) is 2. The number of benzene rings is 2. The van der Waals surface area contributed by atoms with E-state index in [-0.39, 0.29) is 0 Å². The highest BCUT2D eigenvalue weighted by atomic mass is 35.5. The second-order valence-corrected chi connectivity index (χ2v) is 6.18. The Kier molecular flexibility index (Phi) is 7.12. The number of anilines is 1. The van der Waals surface area contributed by atoms with Crippen molar-refractivity contribution in [2.75, 3.05) is 25.6 Å². The van der Waals surface area contributed by atoms with Crippen LogP contribution >= 0.6 is 35.4 Å². The van der Waals surface area contributed by atoms with Gasteiger partial charge in [0, 0.05) is 25.2 Å². The minimum Gasteiger partial charge on any atom is -0.383 e. The molecule has 0 radical (unpaired) electrons. The standard InChI is InChI=1S/C17H18Cl2N2OS/c1-22-10-9-21(12-13-5-3-2-4-6-13)17(23)20-16-8-7-14(18)11-15(16)19/h2-8,11H,9-10,12H2,1H3,(H,20,23). The van der Waals surface area contributed by atoms with E-state index in [1.807, 2.05) is 29.2 Å². The van der Waals surface area contributed by atoms with Gasteiger partial charge in [0.15, 0.2) is 5.11 Å². The van der Waals surface area contributed by atoms with Crippen molar-refractivity contribution >= 4 is 46.2 Å². The smallest absolute Gasteiger partial charge is 0.173 e. The third kappa shape index (κ3) is 5.66. The van der Waals surface area contributed by atoms with E-state index in [0.717, 1.165) is 5.69 Å². The van der Waals surface area contributed by atoms with Crippen LogP contribution in [0, 0.1) is 0 Å². The molecule has 0 aliphatic rings. The normalized spacial score (nSPS) is 10.4. The molecule has 0 spiro atoms. The van der Waals surface area contributed by atoms with Crippen LogP contribution in [0.3, 0.4) is 0 Å². The fraction of sp³-hybridized carbons (Fsp3) is 0.235. The van der Waals surface area contributed by atoms with Gasteiger partial charge in [-0.15, -0.1) is 0 Å². The number of nitrogens with one attached hydrogen (secondary N) is 1. The summed E-state index contributed by atoms with van der Waals surface area (Å²) in [6.07, 6.45) is 0. The minimum atomic E-state index is 0.534. The van der Waals surface area contributed by atoms with E-state index in [9.17, 15) is 0 Å². The lowest BCUT2D eigenvalue weighted by molar-refractivity contribution is 0.175. The molecule has 2 aromatic carbocycles. The summed E-state index contributed by atoms with van der Waals surface area (Å²) in [5.41, 5.74) is 1.91. The zero-order valence-corrected chi connectivity index (χ0v) is 15.1. The summed E-state index contributed by atoms with van der Waals surface area (Å²) in [7, 11) is 1.67. The number of ether oxygens (including phenoxy) is 1. The monoisotopic (exact) mass is 368 g/mol. The average molecular weight is 369 g/mol. The second kappa shape index (κ2) is 9.08. The molecular weight excluding hydrogens is 351 g/mol. The number of halogens is 2. The predicted octanol–water partition coefficient (Wildman–Crippen LogP) is 4.84. The lowest BCUT2D eigenvalue weighted by Gasteiger charge is -2.26. The summed E-state index contributed by atoms with van der Waals surface area (Å²) >= 11 is 17.6. The summed E-state index contributed by atoms with van der Waals surface area (Å²) in [6, 6.07) is 15.4. The van der Waals surface area contributed by atoms with Crippen molar-refractivity contribution in [3.05, 3.63) is 64.1 Å². The van der Waals surface area contributed by atoms with Gasteiger partial charge in [0.1, 0.15) is 0 Å². The molecule has 0 saturated heterocycles. The van der Waals surface area contributed by atoms with Gasteiger partial charge >= 0.3 is 0 Å². The first-order valence-corrected chi connectivity index (χ1v) is 8.30. The maximum absolute atomic E-state index is 6.19. The highest BCUT2D eigenvalue weighted by Gasteiger charge is 2.12. The first kappa shape index (κ1) is 18.0. The van der Waals surface area contributed by atoms with Crippen LogP contribution in [0.25, 0.3) is 0 Å². The van der Waals surface area contributed by atoms with Crippen LogP contribution in [0.5, 0.6) is 0 Å². The number of rotatable bonds is 6. The molecule has 0 bridgehead atoms. The Morgan fingerprint density at radius 1 is 1.17 bits per heavy atom. The Morgan fingerprint density at radius 3 is 2.57 bits per heavy atom. The third-order valence-corrected chi connectivity index (χ3v) is 4.15. The first-order chi connectivity index (χ1) is 11.1. The van der Waals surface area contributed by atoms with E-state index in [1.54, 1.807) is 19.2 Å². The maximum Gasteiger partial charge on any atom is 0.173 e. The minimum absolute atomic E-state index is 0.534. The summed E-state index contributed by atoms with van der Waals surface area (Å²) in [5.74, 6) is 0. The Labute approximate surface area is 152 Å². The number of thiocarbonyl (C=S) groups is 1. The molecule has 3 nitrogen and oxygen atoms in total. The third-order valence-electron chi connectivity index (χ3n) is 3.24. The van der Waals surface area contributed by atoms with Gasteiger partial charge in [-0.25, -0.2) is 0 Å². The van der Waals surface area contributed by atoms with Gasteiger partial charge in [-0.2, -0.15) is 0 Å². The van der Waals surface area contributed by atoms with Gasteiger partial charge in [-0.05, 0) is 36.0 Å². The molecule has 6 heteroatoms. The second-order valence-electron chi connectivity index (χ2n) is 4.95. The molecule has 0 fully saturated rings. The van der Waals surface area contributed by atoms with E-state index < -0.39 is 0 Å². The molecule has 122 valence electrons. The van der Waals surface area contributed by atoms with E-state index in [4.69, 9.17) is 40.2 Å². The number of methoxy groups -OCH3 is 1. The van der Waals surface area contributed by atoms with Crippen LogP contribution in [-0.4, -0.2) is 30.3 Å². The van der Waals surface area contributed by atoms with E-state index in [2.05, 4.69) is 17.4 Å². The highest BCUT2D eigenvalue weighted by molar-refractivity contribution is 7.80. The van der Waals surface area contributed by atoms with Crippen LogP contribution < -0.4 is 5.32 Å². The van der Waals surface area contributed by atoms with Crippen molar-refractivity contribution in [1.82, 2.24) is 4.90 Å². The molecular formula is C17H18Cl2N2OS. The molecule has 2 rings (SSSR count). The van der Waals surface area contributed by atoms with Crippen LogP contribution in [0.4, 0.5) is 5.69 Å². The van der Waals surface area contributed by atoms with Crippen LogP contribution in [0.2, 0.25) is 10.0 Å². The van der Waals surface area contributed by atoms with Gasteiger partial charge < -0.3 is 15.0 Å². The van der Waals surface area contributed by atoms with Crippen molar-refractivity contribution in [2.24, 2.45) is 0 Å². The molecule has 0 atom stereocenters. The van der Waals surface area contributed by atoms with Crippen molar-refractivity contribution in [3.8, 4) is 0 Å². The largest absolute Gasteiger partial charge is 0.383 e. The molecule has 2 aromatic rings. The van der Waals surface area contributed by atoms with E-state index in [0.29, 0.717) is 34.9 Å². The molecule has 1 N–H and O–H groups in total. The zero-order chi connectivity index (χ0) is 16.7. The summed E-state index contributed by atoms with van der Waals surface area (Å²) in [5, 5.41) is 4.89. The predicted molar refractivity (Wildman–Crippen MR) is 101 cm³/mol. The Hall–Kier alpha value is -1.33. The van der Waals surface area contributed by atoms with Gasteiger partial charge in [-0.1, -0.05) is 53.5 Å². The molecule has 0 saturated carbocycles. The fourth-order valence-corrected chi connectivity index (χ4v) is 2.76. The summed E-state index contributed by atoms with van der Waals surface area (Å²) in [4.78, 5) is 2.04. The highest BCUT2D eigenvalue weighted by Crippen LogP contribution is 2.25. The first-order valence-electron chi connectivity index (χ1n) is 7.14.